The lowest BCUT2D eigenvalue weighted by Gasteiger charge is -2.24. The Morgan fingerprint density at radius 2 is 0.587 bits per heavy atom. The molecule has 0 saturated heterocycles. The van der Waals surface area contributed by atoms with Crippen molar-refractivity contribution in [3.05, 3.63) is 122 Å². The Morgan fingerprint density at radius 3 is 0.870 bits per heavy atom. The van der Waals surface area contributed by atoms with Crippen LogP contribution in [0, 0.1) is 0 Å². The molecule has 0 spiro atoms. The number of nitrogens with zero attached hydrogens (tertiary/aromatic N) is 1. The molecule has 0 aromatic carbocycles. The van der Waals surface area contributed by atoms with Crippen molar-refractivity contribution in [3.63, 3.8) is 0 Å². The molecule has 0 aliphatic rings. The fourth-order valence-corrected chi connectivity index (χ4v) is 11.5. The van der Waals surface area contributed by atoms with Gasteiger partial charge in [-0.1, -0.05) is 341 Å². The van der Waals surface area contributed by atoms with Crippen molar-refractivity contribution in [1.82, 2.24) is 0 Å². The van der Waals surface area contributed by atoms with Crippen LogP contribution < -0.4 is 0 Å². The van der Waals surface area contributed by atoms with Gasteiger partial charge in [-0.3, -0.25) is 18.6 Å². The van der Waals surface area contributed by atoms with Crippen LogP contribution in [0.3, 0.4) is 0 Å². The maximum absolute atomic E-state index is 12.9. The number of hydrogen-bond donors (Lipinski definition) is 1. The fraction of sp³-hybridized carbons (Fsp3) is 0.732. The summed E-state index contributed by atoms with van der Waals surface area (Å²) in [6.07, 6.45) is 103. The molecule has 9 nitrogen and oxygen atoms in total. The summed E-state index contributed by atoms with van der Waals surface area (Å²) in [6.45, 7) is 4.24. The number of hydrogen-bond acceptors (Lipinski definition) is 7. The van der Waals surface area contributed by atoms with Crippen molar-refractivity contribution in [2.45, 2.75) is 341 Å². The zero-order valence-electron chi connectivity index (χ0n) is 60.5. The molecule has 2 unspecified atom stereocenters. The van der Waals surface area contributed by atoms with Gasteiger partial charge in [0.15, 0.2) is 6.10 Å². The molecule has 0 fully saturated rings. The second-order valence-corrected chi connectivity index (χ2v) is 28.1. The molecule has 92 heavy (non-hydrogen) atoms. The molecule has 0 aliphatic carbocycles. The predicted octanol–water partition coefficient (Wildman–Crippen LogP) is 25.4. The minimum Gasteiger partial charge on any atom is -0.462 e. The standard InChI is InChI=1S/C82H144NO8P/c1-6-8-10-12-14-16-18-20-22-24-26-28-30-32-34-36-37-38-39-40-41-42-43-44-45-47-49-51-53-55-57-59-61-63-65-67-69-71-73-75-82(85)91-80(79-90-92(86,87)89-77-76-83(3,4)5)78-88-81(84)74-72-70-68-66-64-62-60-58-56-54-52-50-48-46-35-33-31-29-27-25-23-21-19-17-15-13-11-9-7-2/h8-11,14-17,20-23,26-29,32,34,37-38,80H,6-7,12-13,18-19,24-25,30-31,33,35-36,39-79H2,1-5H3/p+1/b10-8-,11-9-,16-14-,17-15-,22-20-,23-21-,28-26-,29-27-,34-32-,38-37-. The van der Waals surface area contributed by atoms with Crippen molar-refractivity contribution in [1.29, 1.82) is 0 Å². The van der Waals surface area contributed by atoms with Gasteiger partial charge in [0.05, 0.1) is 27.7 Å². The lowest BCUT2D eigenvalue weighted by molar-refractivity contribution is -0.870. The van der Waals surface area contributed by atoms with E-state index in [9.17, 15) is 19.0 Å². The molecule has 0 aliphatic heterocycles. The average Bonchev–Trinajstić information content (AvgIpc) is 2.14. The SMILES string of the molecule is CC/C=C\C/C=C\C/C=C\C/C=C\C/C=C\C/C=C\CCCCCCCCCCCCCCCCCCCCCCC(=O)OC(COC(=O)CCCCCCCCCCCCCCCCCC/C=C\C/C=C\C/C=C\C/C=C\CC)COP(=O)(O)OCC[N+](C)(C)C. The van der Waals surface area contributed by atoms with Crippen LogP contribution in [0.15, 0.2) is 122 Å². The number of allylic oxidation sites excluding steroid dienone is 20. The number of carbonyl (C=O) groups is 2. The highest BCUT2D eigenvalue weighted by Gasteiger charge is 2.27. The number of quaternary nitrogens is 1. The molecule has 10 heteroatoms. The van der Waals surface area contributed by atoms with Gasteiger partial charge in [-0.2, -0.15) is 0 Å². The van der Waals surface area contributed by atoms with E-state index in [0.717, 1.165) is 96.3 Å². The quantitative estimate of drug-likeness (QED) is 0.0211. The van der Waals surface area contributed by atoms with Gasteiger partial charge in [0.25, 0.3) is 0 Å². The summed E-state index contributed by atoms with van der Waals surface area (Å²) < 4.78 is 34.8. The second-order valence-electron chi connectivity index (χ2n) is 26.6. The molecular weight excluding hydrogens is 1160 g/mol. The van der Waals surface area contributed by atoms with Crippen LogP contribution in [-0.2, 0) is 32.7 Å². The summed E-state index contributed by atoms with van der Waals surface area (Å²) in [5.74, 6) is -0.786. The number of phosphoric ester groups is 1. The second kappa shape index (κ2) is 71.7. The van der Waals surface area contributed by atoms with E-state index in [-0.39, 0.29) is 32.0 Å². The van der Waals surface area contributed by atoms with Crippen molar-refractivity contribution in [2.24, 2.45) is 0 Å². The fourth-order valence-electron chi connectivity index (χ4n) is 10.7. The van der Waals surface area contributed by atoms with Crippen molar-refractivity contribution >= 4 is 19.8 Å². The third-order valence-electron chi connectivity index (χ3n) is 16.5. The number of rotatable bonds is 70. The zero-order chi connectivity index (χ0) is 66.9. The highest BCUT2D eigenvalue weighted by atomic mass is 31.2. The molecule has 0 radical (unpaired) electrons. The van der Waals surface area contributed by atoms with E-state index in [1.165, 1.54) is 205 Å². The maximum Gasteiger partial charge on any atom is 0.472 e. The summed E-state index contributed by atoms with van der Waals surface area (Å²) in [4.78, 5) is 36.0. The van der Waals surface area contributed by atoms with E-state index >= 15 is 0 Å². The van der Waals surface area contributed by atoms with Crippen molar-refractivity contribution in [2.75, 3.05) is 47.5 Å². The molecule has 2 atom stereocenters. The first-order valence-corrected chi connectivity index (χ1v) is 39.8. The molecule has 0 heterocycles. The van der Waals surface area contributed by atoms with E-state index in [1.807, 2.05) is 21.1 Å². The molecule has 0 bridgehead atoms. The van der Waals surface area contributed by atoms with Gasteiger partial charge in [-0.05, 0) is 103 Å². The minimum absolute atomic E-state index is 0.0299. The molecule has 530 valence electrons. The first kappa shape index (κ1) is 88.4. The lowest BCUT2D eigenvalue weighted by Crippen LogP contribution is -2.37. The third-order valence-corrected chi connectivity index (χ3v) is 17.5. The van der Waals surface area contributed by atoms with Crippen LogP contribution in [0.4, 0.5) is 0 Å². The summed E-state index contributed by atoms with van der Waals surface area (Å²) >= 11 is 0. The Labute approximate surface area is 568 Å². The predicted molar refractivity (Wildman–Crippen MR) is 399 cm³/mol. The highest BCUT2D eigenvalue weighted by Crippen LogP contribution is 2.43. The van der Waals surface area contributed by atoms with E-state index in [1.54, 1.807) is 0 Å². The topological polar surface area (TPSA) is 108 Å². The lowest BCUT2D eigenvalue weighted by atomic mass is 10.0. The number of ether oxygens (including phenoxy) is 2. The third kappa shape index (κ3) is 75.4. The monoisotopic (exact) mass is 1300 g/mol. The van der Waals surface area contributed by atoms with Crippen LogP contribution in [0.2, 0.25) is 0 Å². The van der Waals surface area contributed by atoms with Crippen LogP contribution in [0.5, 0.6) is 0 Å². The van der Waals surface area contributed by atoms with Gasteiger partial charge in [0, 0.05) is 12.8 Å². The van der Waals surface area contributed by atoms with Gasteiger partial charge in [0.1, 0.15) is 19.8 Å². The number of likely N-dealkylation sites (N-methyl/N-ethyl adjacent to an activating group) is 1. The first-order chi connectivity index (χ1) is 45.0. The van der Waals surface area contributed by atoms with Crippen LogP contribution in [-0.4, -0.2) is 74.9 Å². The summed E-state index contributed by atoms with van der Waals surface area (Å²) in [7, 11) is 1.48. The molecule has 0 rings (SSSR count). The Balaban J connectivity index is 3.97. The van der Waals surface area contributed by atoms with E-state index in [4.69, 9.17) is 18.5 Å². The first-order valence-electron chi connectivity index (χ1n) is 38.3. The summed E-state index contributed by atoms with van der Waals surface area (Å²) in [5.41, 5.74) is 0. The van der Waals surface area contributed by atoms with Crippen LogP contribution >= 0.6 is 7.82 Å². The van der Waals surface area contributed by atoms with Gasteiger partial charge < -0.3 is 18.9 Å². The number of esters is 2. The van der Waals surface area contributed by atoms with Gasteiger partial charge in [0.2, 0.25) is 0 Å². The van der Waals surface area contributed by atoms with Gasteiger partial charge in [-0.25, -0.2) is 4.57 Å². The van der Waals surface area contributed by atoms with E-state index in [2.05, 4.69) is 135 Å². The van der Waals surface area contributed by atoms with Gasteiger partial charge >= 0.3 is 19.8 Å². The molecule has 0 aromatic rings. The van der Waals surface area contributed by atoms with E-state index in [0.29, 0.717) is 17.4 Å². The summed E-state index contributed by atoms with van der Waals surface area (Å²) in [6, 6.07) is 0. The Hall–Kier alpha value is -3.59. The van der Waals surface area contributed by atoms with Crippen LogP contribution in [0.1, 0.15) is 335 Å². The number of carbonyl (C=O) groups excluding carboxylic acids is 2. The van der Waals surface area contributed by atoms with E-state index < -0.39 is 26.5 Å². The maximum atomic E-state index is 12.9. The molecule has 0 amide bonds. The minimum atomic E-state index is -4.40. The summed E-state index contributed by atoms with van der Waals surface area (Å²) in [5, 5.41) is 0. The molecule has 1 N–H and O–H groups in total. The van der Waals surface area contributed by atoms with Crippen LogP contribution in [0.25, 0.3) is 0 Å². The normalized spacial score (nSPS) is 13.8. The highest BCUT2D eigenvalue weighted by molar-refractivity contribution is 7.47. The van der Waals surface area contributed by atoms with Gasteiger partial charge in [-0.15, -0.1) is 0 Å². The molecule has 0 aromatic heterocycles. The number of unbranched alkanes of at least 4 members (excludes halogenated alkanes) is 36. The Bertz CT molecular complexity index is 1970. The van der Waals surface area contributed by atoms with Crippen molar-refractivity contribution in [3.8, 4) is 0 Å². The average molecular weight is 1300 g/mol. The smallest absolute Gasteiger partial charge is 0.462 e. The van der Waals surface area contributed by atoms with Crippen molar-refractivity contribution < 1.29 is 42.1 Å². The Morgan fingerprint density at radius 1 is 0.337 bits per heavy atom. The number of phosphoric acid groups is 1. The largest absolute Gasteiger partial charge is 0.472 e. The molecule has 0 saturated carbocycles. The molecular formula is C82H145NO8P+. The Kier molecular flexibility index (Phi) is 68.9. The zero-order valence-corrected chi connectivity index (χ0v) is 61.4.